The fraction of sp³-hybridized carbons (Fsp3) is 0.375. The highest BCUT2D eigenvalue weighted by Gasteiger charge is 2.41. The Morgan fingerprint density at radius 1 is 0.938 bits per heavy atom. The number of rotatable bonds is 4. The van der Waals surface area contributed by atoms with Gasteiger partial charge in [0, 0.05) is 44.7 Å². The summed E-state index contributed by atoms with van der Waals surface area (Å²) >= 11 is 0. The molecule has 2 aromatic carbocycles. The summed E-state index contributed by atoms with van der Waals surface area (Å²) in [5.41, 5.74) is 1.63. The van der Waals surface area contributed by atoms with Crippen molar-refractivity contribution in [2.75, 3.05) is 39.5 Å². The van der Waals surface area contributed by atoms with Crippen molar-refractivity contribution in [1.29, 1.82) is 0 Å². The summed E-state index contributed by atoms with van der Waals surface area (Å²) < 4.78 is 10.8. The molecule has 0 unspecified atom stereocenters. The van der Waals surface area contributed by atoms with Crippen molar-refractivity contribution in [2.24, 2.45) is 0 Å². The SMILES string of the molecule is O=C1C[C@@H](C(=O)N2CCN(Cc3ccc4c(c3)OCO4)CC2)N(C(=O)c2ccccc2)C1. The van der Waals surface area contributed by atoms with E-state index in [-0.39, 0.29) is 37.4 Å². The molecule has 1 atom stereocenters. The van der Waals surface area contributed by atoms with Crippen molar-refractivity contribution in [2.45, 2.75) is 19.0 Å². The van der Waals surface area contributed by atoms with Gasteiger partial charge in [0.15, 0.2) is 17.3 Å². The zero-order valence-corrected chi connectivity index (χ0v) is 17.7. The van der Waals surface area contributed by atoms with Gasteiger partial charge in [-0.15, -0.1) is 0 Å². The molecule has 3 heterocycles. The number of hydrogen-bond donors (Lipinski definition) is 0. The molecule has 0 bridgehead atoms. The van der Waals surface area contributed by atoms with Gasteiger partial charge in [-0.2, -0.15) is 0 Å². The smallest absolute Gasteiger partial charge is 0.254 e. The second kappa shape index (κ2) is 8.63. The van der Waals surface area contributed by atoms with Crippen molar-refractivity contribution in [3.8, 4) is 11.5 Å². The number of fused-ring (bicyclic) bond motifs is 1. The first-order valence-electron chi connectivity index (χ1n) is 10.9. The van der Waals surface area contributed by atoms with Gasteiger partial charge in [0.25, 0.3) is 5.91 Å². The molecular weight excluding hydrogens is 410 g/mol. The van der Waals surface area contributed by atoms with Crippen LogP contribution in [0.1, 0.15) is 22.3 Å². The maximum atomic E-state index is 13.2. The van der Waals surface area contributed by atoms with Gasteiger partial charge in [-0.05, 0) is 29.8 Å². The van der Waals surface area contributed by atoms with E-state index in [9.17, 15) is 14.4 Å². The topological polar surface area (TPSA) is 79.4 Å². The Kier molecular flexibility index (Phi) is 5.53. The average molecular weight is 435 g/mol. The Bertz CT molecular complexity index is 1030. The first-order chi connectivity index (χ1) is 15.6. The van der Waals surface area contributed by atoms with Crippen LogP contribution in [0.4, 0.5) is 0 Å². The maximum absolute atomic E-state index is 13.2. The van der Waals surface area contributed by atoms with Crippen molar-refractivity contribution in [1.82, 2.24) is 14.7 Å². The molecule has 0 aliphatic carbocycles. The van der Waals surface area contributed by atoms with Gasteiger partial charge in [-0.25, -0.2) is 0 Å². The van der Waals surface area contributed by atoms with Gasteiger partial charge in [0.05, 0.1) is 6.54 Å². The summed E-state index contributed by atoms with van der Waals surface area (Å²) in [7, 11) is 0. The van der Waals surface area contributed by atoms with Crippen molar-refractivity contribution in [3.05, 3.63) is 59.7 Å². The largest absolute Gasteiger partial charge is 0.454 e. The molecule has 0 N–H and O–H groups in total. The van der Waals surface area contributed by atoms with Crippen LogP contribution in [0.2, 0.25) is 0 Å². The lowest BCUT2D eigenvalue weighted by molar-refractivity contribution is -0.137. The number of likely N-dealkylation sites (tertiary alicyclic amines) is 1. The third-order valence-electron chi connectivity index (χ3n) is 6.24. The lowest BCUT2D eigenvalue weighted by atomic mass is 10.1. The van der Waals surface area contributed by atoms with Gasteiger partial charge >= 0.3 is 0 Å². The van der Waals surface area contributed by atoms with Crippen molar-refractivity contribution >= 4 is 17.6 Å². The second-order valence-electron chi connectivity index (χ2n) is 8.35. The van der Waals surface area contributed by atoms with E-state index in [0.717, 1.165) is 36.7 Å². The molecule has 0 spiro atoms. The lowest BCUT2D eigenvalue weighted by Crippen LogP contribution is -2.54. The summed E-state index contributed by atoms with van der Waals surface area (Å²) in [6.07, 6.45) is 0.0921. The Hall–Kier alpha value is -3.39. The molecule has 3 aliphatic heterocycles. The molecule has 2 saturated heterocycles. The fourth-order valence-electron chi connectivity index (χ4n) is 4.51. The van der Waals surface area contributed by atoms with Crippen LogP contribution in [0.15, 0.2) is 48.5 Å². The summed E-state index contributed by atoms with van der Waals surface area (Å²) in [6.45, 7) is 3.62. The number of Topliss-reactive ketones (excluding diaryl/α,β-unsaturated/α-hetero) is 1. The molecule has 0 saturated carbocycles. The molecule has 2 fully saturated rings. The van der Waals surface area contributed by atoms with Crippen LogP contribution in [-0.4, -0.2) is 77.9 Å². The number of nitrogens with zero attached hydrogens (tertiary/aromatic N) is 3. The molecule has 3 aliphatic rings. The van der Waals surface area contributed by atoms with Crippen molar-refractivity contribution in [3.63, 3.8) is 0 Å². The van der Waals surface area contributed by atoms with Gasteiger partial charge in [0.2, 0.25) is 12.7 Å². The van der Waals surface area contributed by atoms with Crippen LogP contribution < -0.4 is 9.47 Å². The van der Waals surface area contributed by atoms with E-state index in [1.54, 1.807) is 29.2 Å². The molecular formula is C24H25N3O5. The molecule has 0 aromatic heterocycles. The van der Waals surface area contributed by atoms with E-state index in [4.69, 9.17) is 9.47 Å². The van der Waals surface area contributed by atoms with Crippen LogP contribution in [0.3, 0.4) is 0 Å². The van der Waals surface area contributed by atoms with E-state index in [2.05, 4.69) is 4.90 Å². The number of hydrogen-bond acceptors (Lipinski definition) is 6. The molecule has 8 nitrogen and oxygen atoms in total. The zero-order valence-electron chi connectivity index (χ0n) is 17.7. The third-order valence-corrected chi connectivity index (χ3v) is 6.24. The number of carbonyl (C=O) groups excluding carboxylic acids is 3. The Balaban J connectivity index is 1.20. The predicted octanol–water partition coefficient (Wildman–Crippen LogP) is 1.54. The minimum atomic E-state index is -0.712. The Morgan fingerprint density at radius 3 is 2.47 bits per heavy atom. The quantitative estimate of drug-likeness (QED) is 0.725. The predicted molar refractivity (Wildman–Crippen MR) is 115 cm³/mol. The molecule has 2 amide bonds. The fourth-order valence-corrected chi connectivity index (χ4v) is 4.51. The van der Waals surface area contributed by atoms with Crippen LogP contribution in [0.25, 0.3) is 0 Å². The minimum absolute atomic E-state index is 0.00574. The zero-order chi connectivity index (χ0) is 22.1. The van der Waals surface area contributed by atoms with Gasteiger partial charge < -0.3 is 19.3 Å². The van der Waals surface area contributed by atoms with Crippen LogP contribution in [0.5, 0.6) is 11.5 Å². The average Bonchev–Trinajstić information content (AvgIpc) is 3.45. The maximum Gasteiger partial charge on any atom is 0.254 e. The molecule has 2 aromatic rings. The normalized spacial score (nSPS) is 20.6. The monoisotopic (exact) mass is 435 g/mol. The summed E-state index contributed by atoms with van der Waals surface area (Å²) in [5.74, 6) is 1.06. The van der Waals surface area contributed by atoms with E-state index in [0.29, 0.717) is 18.7 Å². The van der Waals surface area contributed by atoms with Crippen molar-refractivity contribution < 1.29 is 23.9 Å². The van der Waals surface area contributed by atoms with Crippen LogP contribution in [0, 0.1) is 0 Å². The molecule has 166 valence electrons. The number of ketones is 1. The number of ether oxygens (including phenoxy) is 2. The third kappa shape index (κ3) is 4.05. The second-order valence-corrected chi connectivity index (χ2v) is 8.35. The standard InChI is InChI=1S/C24H25N3O5/c28-19-13-20(27(15-19)23(29)18-4-2-1-3-5-18)24(30)26-10-8-25(9-11-26)14-17-6-7-21-22(12-17)32-16-31-21/h1-7,12,20H,8-11,13-16H2/t20-/m0/s1. The van der Waals surface area contributed by atoms with E-state index in [1.807, 2.05) is 24.3 Å². The Labute approximate surface area is 186 Å². The summed E-state index contributed by atoms with van der Waals surface area (Å²) in [5, 5.41) is 0. The van der Waals surface area contributed by atoms with E-state index >= 15 is 0 Å². The van der Waals surface area contributed by atoms with Gasteiger partial charge in [-0.1, -0.05) is 24.3 Å². The molecule has 8 heteroatoms. The molecule has 5 rings (SSSR count). The number of benzene rings is 2. The summed E-state index contributed by atoms with van der Waals surface area (Å²) in [4.78, 5) is 43.7. The number of piperazine rings is 1. The molecule has 32 heavy (non-hydrogen) atoms. The highest BCUT2D eigenvalue weighted by molar-refractivity contribution is 6.04. The van der Waals surface area contributed by atoms with Crippen LogP contribution in [-0.2, 0) is 16.1 Å². The van der Waals surface area contributed by atoms with E-state index in [1.165, 1.54) is 4.90 Å². The Morgan fingerprint density at radius 2 is 1.69 bits per heavy atom. The van der Waals surface area contributed by atoms with E-state index < -0.39 is 6.04 Å². The molecule has 0 radical (unpaired) electrons. The van der Waals surface area contributed by atoms with Gasteiger partial charge in [0.1, 0.15) is 6.04 Å². The first-order valence-corrected chi connectivity index (χ1v) is 10.9. The summed E-state index contributed by atoms with van der Waals surface area (Å²) in [6, 6.07) is 14.0. The highest BCUT2D eigenvalue weighted by atomic mass is 16.7. The highest BCUT2D eigenvalue weighted by Crippen LogP contribution is 2.33. The number of carbonyl (C=O) groups is 3. The number of amides is 2. The first kappa shape index (κ1) is 20.5. The van der Waals surface area contributed by atoms with Gasteiger partial charge in [-0.3, -0.25) is 19.3 Å². The van der Waals surface area contributed by atoms with Crippen LogP contribution >= 0.6 is 0 Å². The lowest BCUT2D eigenvalue weighted by Gasteiger charge is -2.37. The minimum Gasteiger partial charge on any atom is -0.454 e.